The van der Waals surface area contributed by atoms with Crippen molar-refractivity contribution in [1.29, 1.82) is 0 Å². The van der Waals surface area contributed by atoms with Gasteiger partial charge in [0.05, 0.1) is 6.04 Å². The van der Waals surface area contributed by atoms with Crippen molar-refractivity contribution in [2.75, 3.05) is 0 Å². The van der Waals surface area contributed by atoms with Crippen LogP contribution in [0.5, 0.6) is 0 Å². The number of urea groups is 1. The Kier molecular flexibility index (Phi) is 4.63. The molecule has 0 aliphatic rings. The quantitative estimate of drug-likeness (QED) is 0.323. The summed E-state index contributed by atoms with van der Waals surface area (Å²) in [6, 6.07) is 17.9. The molecule has 4 nitrogen and oxygen atoms in total. The van der Waals surface area contributed by atoms with Gasteiger partial charge in [-0.1, -0.05) is 37.3 Å². The first-order valence-electron chi connectivity index (χ1n) is 8.73. The van der Waals surface area contributed by atoms with Crippen LogP contribution < -0.4 is 5.73 Å². The van der Waals surface area contributed by atoms with Crippen LogP contribution >= 0.6 is 22.7 Å². The van der Waals surface area contributed by atoms with Gasteiger partial charge in [-0.05, 0) is 47.5 Å². The number of fused-ring (bicyclic) bond motifs is 2. The molecule has 138 valence electrons. The number of carbonyl (C=O) groups is 1. The number of benzene rings is 2. The first kappa shape index (κ1) is 18.0. The van der Waals surface area contributed by atoms with Gasteiger partial charge in [-0.3, -0.25) is 5.21 Å². The second-order valence-electron chi connectivity index (χ2n) is 6.71. The van der Waals surface area contributed by atoms with Gasteiger partial charge < -0.3 is 5.73 Å². The van der Waals surface area contributed by atoms with Gasteiger partial charge in [0.15, 0.2) is 0 Å². The van der Waals surface area contributed by atoms with E-state index >= 15 is 0 Å². The zero-order valence-corrected chi connectivity index (χ0v) is 16.7. The lowest BCUT2D eigenvalue weighted by atomic mass is 9.98. The van der Waals surface area contributed by atoms with Gasteiger partial charge in [-0.25, -0.2) is 4.79 Å². The van der Waals surface area contributed by atoms with E-state index in [1.54, 1.807) is 18.3 Å². The minimum Gasteiger partial charge on any atom is -0.350 e. The summed E-state index contributed by atoms with van der Waals surface area (Å²) in [5.74, 6) is 0.301. The standard InChI is InChI=1S/C21H20N2O2S2/c1-12(18-10-15-5-3-4-6-17(15)26-18)14-7-8-16-11-19(27-20(16)9-14)13(2)23(25)21(22)24/h3-13,25H,1-2H3,(H2,22,24). The number of thiophene rings is 2. The average Bonchev–Trinajstić information content (AvgIpc) is 3.29. The molecule has 2 unspecified atom stereocenters. The molecule has 0 fully saturated rings. The summed E-state index contributed by atoms with van der Waals surface area (Å²) in [4.78, 5) is 13.5. The maximum Gasteiger partial charge on any atom is 0.339 e. The molecule has 0 saturated heterocycles. The van der Waals surface area contributed by atoms with Gasteiger partial charge in [0.25, 0.3) is 0 Å². The highest BCUT2D eigenvalue weighted by molar-refractivity contribution is 7.19. The second kappa shape index (κ2) is 6.96. The molecule has 0 spiro atoms. The summed E-state index contributed by atoms with van der Waals surface area (Å²) in [7, 11) is 0. The number of rotatable bonds is 4. The van der Waals surface area contributed by atoms with Crippen molar-refractivity contribution in [3.63, 3.8) is 0 Å². The smallest absolute Gasteiger partial charge is 0.339 e. The Hall–Kier alpha value is -2.41. The monoisotopic (exact) mass is 396 g/mol. The number of nitrogens with zero attached hydrogens (tertiary/aromatic N) is 1. The molecular formula is C21H20N2O2S2. The zero-order valence-electron chi connectivity index (χ0n) is 15.0. The van der Waals surface area contributed by atoms with Crippen LogP contribution in [0.25, 0.3) is 20.2 Å². The van der Waals surface area contributed by atoms with Gasteiger partial charge in [-0.2, -0.15) is 5.06 Å². The number of hydrogen-bond donors (Lipinski definition) is 2. The van der Waals surface area contributed by atoms with Gasteiger partial charge in [0.2, 0.25) is 0 Å². The average molecular weight is 397 g/mol. The zero-order chi connectivity index (χ0) is 19.1. The summed E-state index contributed by atoms with van der Waals surface area (Å²) in [5.41, 5.74) is 6.43. The number of hydrogen-bond acceptors (Lipinski definition) is 4. The van der Waals surface area contributed by atoms with E-state index in [2.05, 4.69) is 55.5 Å². The summed E-state index contributed by atoms with van der Waals surface area (Å²) in [5, 5.41) is 12.8. The van der Waals surface area contributed by atoms with Crippen molar-refractivity contribution in [2.24, 2.45) is 5.73 Å². The number of hydroxylamine groups is 2. The van der Waals surface area contributed by atoms with E-state index in [0.717, 1.165) is 15.0 Å². The molecule has 0 saturated carbocycles. The normalized spacial score (nSPS) is 13.7. The van der Waals surface area contributed by atoms with Crippen LogP contribution in [0.3, 0.4) is 0 Å². The largest absolute Gasteiger partial charge is 0.350 e. The fourth-order valence-corrected chi connectivity index (χ4v) is 5.53. The number of amides is 2. The minimum atomic E-state index is -0.848. The molecule has 2 amide bonds. The minimum absolute atomic E-state index is 0.301. The molecule has 0 radical (unpaired) electrons. The molecule has 2 atom stereocenters. The van der Waals surface area contributed by atoms with Crippen molar-refractivity contribution in [2.45, 2.75) is 25.8 Å². The molecule has 0 aliphatic heterocycles. The summed E-state index contributed by atoms with van der Waals surface area (Å²) >= 11 is 3.41. The van der Waals surface area contributed by atoms with E-state index in [-0.39, 0.29) is 0 Å². The van der Waals surface area contributed by atoms with Crippen LogP contribution in [0, 0.1) is 0 Å². The molecule has 2 heterocycles. The first-order chi connectivity index (χ1) is 12.9. The highest BCUT2D eigenvalue weighted by Crippen LogP contribution is 2.38. The maximum absolute atomic E-state index is 11.2. The molecule has 0 aliphatic carbocycles. The molecule has 4 rings (SSSR count). The van der Waals surface area contributed by atoms with Crippen LogP contribution in [0.15, 0.2) is 54.6 Å². The van der Waals surface area contributed by atoms with Gasteiger partial charge in [0, 0.05) is 25.1 Å². The Morgan fingerprint density at radius 3 is 2.37 bits per heavy atom. The van der Waals surface area contributed by atoms with Crippen LogP contribution in [-0.2, 0) is 0 Å². The fraction of sp³-hybridized carbons (Fsp3) is 0.190. The third-order valence-electron chi connectivity index (χ3n) is 4.94. The van der Waals surface area contributed by atoms with Crippen LogP contribution in [0.4, 0.5) is 4.79 Å². The van der Waals surface area contributed by atoms with Crippen molar-refractivity contribution in [3.05, 3.63) is 69.9 Å². The van der Waals surface area contributed by atoms with Crippen molar-refractivity contribution < 1.29 is 10.0 Å². The Labute approximate surface area is 165 Å². The molecule has 2 aromatic carbocycles. The highest BCUT2D eigenvalue weighted by atomic mass is 32.1. The number of nitrogens with two attached hydrogens (primary N) is 1. The van der Waals surface area contributed by atoms with Gasteiger partial charge in [-0.15, -0.1) is 22.7 Å². The molecule has 27 heavy (non-hydrogen) atoms. The van der Waals surface area contributed by atoms with E-state index in [9.17, 15) is 10.0 Å². The number of primary amides is 1. The Bertz CT molecular complexity index is 1100. The van der Waals surface area contributed by atoms with Crippen LogP contribution in [0.1, 0.15) is 41.1 Å². The Morgan fingerprint density at radius 2 is 1.63 bits per heavy atom. The van der Waals surface area contributed by atoms with E-state index < -0.39 is 12.1 Å². The predicted molar refractivity (Wildman–Crippen MR) is 113 cm³/mol. The molecule has 6 heteroatoms. The fourth-order valence-electron chi connectivity index (χ4n) is 3.23. The van der Waals surface area contributed by atoms with Crippen molar-refractivity contribution >= 4 is 48.9 Å². The van der Waals surface area contributed by atoms with Crippen LogP contribution in [-0.4, -0.2) is 16.3 Å². The van der Waals surface area contributed by atoms with E-state index in [4.69, 9.17) is 5.73 Å². The molecule has 0 bridgehead atoms. The Morgan fingerprint density at radius 1 is 0.963 bits per heavy atom. The van der Waals surface area contributed by atoms with Crippen molar-refractivity contribution in [3.8, 4) is 0 Å². The van der Waals surface area contributed by atoms with Crippen LogP contribution in [0.2, 0.25) is 0 Å². The van der Waals surface area contributed by atoms with Crippen molar-refractivity contribution in [1.82, 2.24) is 5.06 Å². The van der Waals surface area contributed by atoms with E-state index in [1.165, 1.54) is 20.5 Å². The van der Waals surface area contributed by atoms with E-state index in [1.807, 2.05) is 17.4 Å². The Balaban J connectivity index is 1.67. The molecule has 2 aromatic heterocycles. The lowest BCUT2D eigenvalue weighted by Gasteiger charge is -2.18. The third kappa shape index (κ3) is 3.32. The summed E-state index contributed by atoms with van der Waals surface area (Å²) < 4.78 is 2.45. The topological polar surface area (TPSA) is 66.6 Å². The van der Waals surface area contributed by atoms with Gasteiger partial charge in [0.1, 0.15) is 0 Å². The predicted octanol–water partition coefficient (Wildman–Crippen LogP) is 6.10. The molecular weight excluding hydrogens is 376 g/mol. The van der Waals surface area contributed by atoms with Gasteiger partial charge >= 0.3 is 6.03 Å². The first-order valence-corrected chi connectivity index (χ1v) is 10.4. The maximum atomic E-state index is 11.2. The molecule has 3 N–H and O–H groups in total. The highest BCUT2D eigenvalue weighted by Gasteiger charge is 2.20. The third-order valence-corrected chi connectivity index (χ3v) is 7.51. The number of carbonyl (C=O) groups excluding carboxylic acids is 1. The lowest BCUT2D eigenvalue weighted by Crippen LogP contribution is -2.34. The summed E-state index contributed by atoms with van der Waals surface area (Å²) in [6.07, 6.45) is 0. The SMILES string of the molecule is CC(c1ccc2cc(C(C)N(O)C(N)=O)sc2c1)c1cc2ccccc2s1. The molecule has 4 aromatic rings. The lowest BCUT2D eigenvalue weighted by molar-refractivity contribution is -0.0700. The second-order valence-corrected chi connectivity index (χ2v) is 8.94. The summed E-state index contributed by atoms with van der Waals surface area (Å²) in [6.45, 7) is 3.99. The van der Waals surface area contributed by atoms with E-state index in [0.29, 0.717) is 11.0 Å².